The Morgan fingerprint density at radius 1 is 0.881 bits per heavy atom. The van der Waals surface area contributed by atoms with Crippen LogP contribution in [0.1, 0.15) is 76.8 Å². The zero-order valence-electron chi connectivity index (χ0n) is 26.1. The molecule has 42 heavy (non-hydrogen) atoms. The second-order valence-corrected chi connectivity index (χ2v) is 13.2. The van der Waals surface area contributed by atoms with Crippen molar-refractivity contribution in [3.63, 3.8) is 0 Å². The van der Waals surface area contributed by atoms with E-state index in [-0.39, 0.29) is 0 Å². The summed E-state index contributed by atoms with van der Waals surface area (Å²) in [5.41, 5.74) is 7.35. The molecule has 0 amide bonds. The number of fused-ring (bicyclic) bond motifs is 8. The number of benzene rings is 3. The van der Waals surface area contributed by atoms with Crippen molar-refractivity contribution < 1.29 is 24.2 Å². The average Bonchev–Trinajstić information content (AvgIpc) is 3.74. The Morgan fingerprint density at radius 2 is 1.55 bits per heavy atom. The summed E-state index contributed by atoms with van der Waals surface area (Å²) in [5.74, 6) is 6.00. The second-order valence-electron chi connectivity index (χ2n) is 13.2. The van der Waals surface area contributed by atoms with E-state index in [0.717, 1.165) is 29.6 Å². The molecule has 0 spiro atoms. The van der Waals surface area contributed by atoms with E-state index in [1.54, 1.807) is 17.0 Å². The van der Waals surface area contributed by atoms with Gasteiger partial charge in [0, 0.05) is 0 Å². The molecule has 8 rings (SSSR count). The van der Waals surface area contributed by atoms with Gasteiger partial charge >= 0.3 is 28.4 Å². The van der Waals surface area contributed by atoms with Crippen LogP contribution >= 0.6 is 0 Å². The van der Waals surface area contributed by atoms with E-state index in [2.05, 4.69) is 80.4 Å². The number of hydrogen-bond donors (Lipinski definition) is 0. The van der Waals surface area contributed by atoms with E-state index in [0.29, 0.717) is 5.41 Å². The normalized spacial score (nSPS) is 26.5. The number of hydrogen-bond acceptors (Lipinski definition) is 0. The van der Waals surface area contributed by atoms with Gasteiger partial charge in [-0.3, -0.25) is 0 Å². The summed E-state index contributed by atoms with van der Waals surface area (Å²) in [6.07, 6.45) is 8.52. The molecule has 0 heterocycles. The van der Waals surface area contributed by atoms with Crippen molar-refractivity contribution in [2.75, 3.05) is 0 Å². The van der Waals surface area contributed by atoms with Crippen LogP contribution in [-0.4, -0.2) is 4.21 Å². The molecule has 4 aliphatic carbocycles. The van der Waals surface area contributed by atoms with Crippen molar-refractivity contribution in [3.8, 4) is 0 Å². The van der Waals surface area contributed by atoms with Gasteiger partial charge in [0.15, 0.2) is 0 Å². The molecule has 4 aromatic rings. The Balaban J connectivity index is 0.000000169. The molecule has 4 aromatic carbocycles. The predicted molar refractivity (Wildman–Crippen MR) is 177 cm³/mol. The van der Waals surface area contributed by atoms with E-state index in [4.69, 9.17) is 0 Å². The largest absolute Gasteiger partial charge is 0.214 e. The molecule has 2 saturated carbocycles. The first-order chi connectivity index (χ1) is 20.5. The van der Waals surface area contributed by atoms with Gasteiger partial charge in [-0.2, -0.15) is 42.5 Å². The van der Waals surface area contributed by atoms with E-state index in [1.807, 2.05) is 65.7 Å². The smallest absolute Gasteiger partial charge is 0.0648 e. The van der Waals surface area contributed by atoms with E-state index in [1.165, 1.54) is 73.5 Å². The average molecular weight is 631 g/mol. The third-order valence-corrected chi connectivity index (χ3v) is 11.0. The van der Waals surface area contributed by atoms with Crippen LogP contribution in [0.5, 0.6) is 0 Å². The third-order valence-electron chi connectivity index (χ3n) is 11.0. The topological polar surface area (TPSA) is 0 Å². The van der Waals surface area contributed by atoms with Gasteiger partial charge in [0.25, 0.3) is 0 Å². The molecular weight excluding hydrogens is 584 g/mol. The molecule has 1 heteroatoms. The predicted octanol–water partition coefficient (Wildman–Crippen LogP) is 10.7. The summed E-state index contributed by atoms with van der Waals surface area (Å²) >= 11 is 1.30. The molecule has 0 radical (unpaired) electrons. The zero-order chi connectivity index (χ0) is 29.7. The van der Waals surface area contributed by atoms with Gasteiger partial charge in [-0.15, -0.1) is 23.8 Å². The Hall–Kier alpha value is -2.37. The maximum absolute atomic E-state index is 3.34. The third kappa shape index (κ3) is 6.15. The molecule has 0 saturated heterocycles. The van der Waals surface area contributed by atoms with Crippen molar-refractivity contribution in [3.05, 3.63) is 131 Å². The number of rotatable bonds is 0. The van der Waals surface area contributed by atoms with E-state index in [9.17, 15) is 0 Å². The SMILES string of the molecule is C[C-]1C2=C3Cc4ccccc4C3C3CCCCC3C2CC(C)C1(C)C.[CH2]=[Zr].[c-]1ccc2ccccc2c1.c1cc[cH-]c1. The number of allylic oxidation sites excluding steroid dienone is 2. The molecule has 5 unspecified atom stereocenters. The maximum atomic E-state index is 3.34. The van der Waals surface area contributed by atoms with Crippen molar-refractivity contribution in [2.24, 2.45) is 29.1 Å². The summed E-state index contributed by atoms with van der Waals surface area (Å²) in [7, 11) is 0. The van der Waals surface area contributed by atoms with Crippen molar-refractivity contribution in [1.82, 2.24) is 0 Å². The van der Waals surface area contributed by atoms with Crippen LogP contribution in [0.4, 0.5) is 0 Å². The summed E-state index contributed by atoms with van der Waals surface area (Å²) in [6, 6.07) is 36.7. The van der Waals surface area contributed by atoms with Gasteiger partial charge in [0.2, 0.25) is 0 Å². The summed E-state index contributed by atoms with van der Waals surface area (Å²) in [5, 5.41) is 2.53. The molecular formula is C41H47Zr-3. The first kappa shape index (κ1) is 31.1. The molecule has 0 N–H and O–H groups in total. The van der Waals surface area contributed by atoms with Crippen LogP contribution in [0.3, 0.4) is 0 Å². The minimum absolute atomic E-state index is 0.361. The van der Waals surface area contributed by atoms with Crippen molar-refractivity contribution >= 4 is 15.0 Å². The van der Waals surface area contributed by atoms with Crippen LogP contribution < -0.4 is 0 Å². The maximum Gasteiger partial charge on any atom is -0.0648 e. The molecule has 4 aliphatic rings. The molecule has 0 aliphatic heterocycles. The Bertz CT molecular complexity index is 1370. The first-order valence-corrected chi connectivity index (χ1v) is 17.7. The molecule has 0 nitrogen and oxygen atoms in total. The van der Waals surface area contributed by atoms with Crippen LogP contribution in [-0.2, 0) is 30.7 Å². The standard InChI is InChI=1S/C25H33.C10H7.C5H5.CH2.Zr/c1-15-13-21-19-11-7-8-12-20(19)24-18-10-6-5-9-17(18)14-22(24)23(21)16(2)25(15,3)4;1-2-6-10-8-4-3-7-9(10)5-1;1-2-4-5-3-1;;/h5-6,9-10,15,19-21,24H,7-8,11-14H2,1-4H3;1-3,5-8H;1-5H;1H2;/q3*-1;;. The fourth-order valence-corrected chi connectivity index (χ4v) is 8.40. The van der Waals surface area contributed by atoms with Gasteiger partial charge < -0.3 is 0 Å². The first-order valence-electron chi connectivity index (χ1n) is 16.0. The second kappa shape index (κ2) is 13.9. The van der Waals surface area contributed by atoms with Crippen molar-refractivity contribution in [1.29, 1.82) is 0 Å². The summed E-state index contributed by atoms with van der Waals surface area (Å²) in [4.78, 5) is 0. The molecule has 0 bridgehead atoms. The van der Waals surface area contributed by atoms with Crippen LogP contribution in [0.25, 0.3) is 10.8 Å². The van der Waals surface area contributed by atoms with E-state index < -0.39 is 0 Å². The quantitative estimate of drug-likeness (QED) is 0.170. The zero-order valence-corrected chi connectivity index (χ0v) is 28.5. The van der Waals surface area contributed by atoms with Gasteiger partial charge in [0.05, 0.1) is 0 Å². The van der Waals surface area contributed by atoms with E-state index >= 15 is 0 Å². The van der Waals surface area contributed by atoms with Crippen LogP contribution in [0.15, 0.2) is 108 Å². The minimum Gasteiger partial charge on any atom is -0.214 e. The minimum atomic E-state index is 0.361. The monoisotopic (exact) mass is 629 g/mol. The van der Waals surface area contributed by atoms with Gasteiger partial charge in [0.1, 0.15) is 0 Å². The van der Waals surface area contributed by atoms with Crippen LogP contribution in [0.2, 0.25) is 0 Å². The molecule has 2 fully saturated rings. The summed E-state index contributed by atoms with van der Waals surface area (Å²) < 4.78 is 3.34. The Morgan fingerprint density at radius 3 is 2.24 bits per heavy atom. The van der Waals surface area contributed by atoms with Crippen molar-refractivity contribution in [2.45, 2.75) is 72.1 Å². The fourth-order valence-electron chi connectivity index (χ4n) is 8.40. The fraction of sp³-hybridized carbons (Fsp3) is 0.390. The Kier molecular flexibility index (Phi) is 10.3. The molecule has 218 valence electrons. The molecule has 5 atom stereocenters. The molecule has 0 aromatic heterocycles. The van der Waals surface area contributed by atoms with Gasteiger partial charge in [-0.05, 0) is 30.6 Å². The summed E-state index contributed by atoms with van der Waals surface area (Å²) in [6.45, 7) is 9.99. The Labute approximate surface area is 270 Å². The van der Waals surface area contributed by atoms with Gasteiger partial charge in [-0.25, -0.2) is 29.2 Å². The van der Waals surface area contributed by atoms with Crippen LogP contribution in [0, 0.1) is 41.1 Å². The van der Waals surface area contributed by atoms with Gasteiger partial charge in [-0.1, -0.05) is 117 Å².